The molecule has 0 aliphatic carbocycles. The van der Waals surface area contributed by atoms with Gasteiger partial charge in [-0.25, -0.2) is 0 Å². The number of anilines is 1. The van der Waals surface area contributed by atoms with E-state index in [0.29, 0.717) is 41.0 Å². The van der Waals surface area contributed by atoms with E-state index in [1.807, 2.05) is 20.0 Å². The highest BCUT2D eigenvalue weighted by atomic mass is 35.5. The maximum Gasteiger partial charge on any atom is 0.389 e. The fourth-order valence-electron chi connectivity index (χ4n) is 4.53. The second-order valence-corrected chi connectivity index (χ2v) is 11.1. The number of ether oxygens (including phenoxy) is 1. The number of likely N-dealkylation sites (N-methyl/N-ethyl adjacent to an activating group) is 1. The molecule has 2 N–H and O–H groups in total. The van der Waals surface area contributed by atoms with Gasteiger partial charge < -0.3 is 20.1 Å². The Kier molecular flexibility index (Phi) is 11.1. The van der Waals surface area contributed by atoms with Crippen LogP contribution in [0, 0.1) is 5.92 Å². The van der Waals surface area contributed by atoms with Gasteiger partial charge in [0.2, 0.25) is 11.8 Å². The molecule has 0 bridgehead atoms. The van der Waals surface area contributed by atoms with E-state index < -0.39 is 31.0 Å². The first kappa shape index (κ1) is 32.0. The SMILES string of the molecule is C[C@@H]1CN([C@H](C)CO)C(=O)Cc2cc(NC(=O)CCC(F)(F)F)ccc2O[C@H]1CN(C)Cc1ccc(Cl)c(Cl)c1. The average molecular weight is 604 g/mol. The zero-order valence-electron chi connectivity index (χ0n) is 22.6. The van der Waals surface area contributed by atoms with E-state index in [0.717, 1.165) is 5.56 Å². The minimum absolute atomic E-state index is 0.0650. The number of hydrogen-bond acceptors (Lipinski definition) is 5. The lowest BCUT2D eigenvalue weighted by atomic mass is 10.0. The molecule has 0 radical (unpaired) electrons. The van der Waals surface area contributed by atoms with Gasteiger partial charge in [-0.1, -0.05) is 36.2 Å². The number of aliphatic hydroxyl groups excluding tert-OH is 1. The highest BCUT2D eigenvalue weighted by Gasteiger charge is 2.31. The number of carbonyl (C=O) groups excluding carboxylic acids is 2. The van der Waals surface area contributed by atoms with Gasteiger partial charge in [-0.3, -0.25) is 14.5 Å². The number of hydrogen-bond donors (Lipinski definition) is 2. The predicted molar refractivity (Wildman–Crippen MR) is 149 cm³/mol. The first-order valence-corrected chi connectivity index (χ1v) is 13.7. The molecule has 3 atom stereocenters. The fourth-order valence-corrected chi connectivity index (χ4v) is 4.85. The van der Waals surface area contributed by atoms with Gasteiger partial charge in [0.05, 0.1) is 35.5 Å². The Morgan fingerprint density at radius 2 is 1.95 bits per heavy atom. The number of benzene rings is 2. The topological polar surface area (TPSA) is 82.1 Å². The summed E-state index contributed by atoms with van der Waals surface area (Å²) >= 11 is 12.2. The lowest BCUT2D eigenvalue weighted by Crippen LogP contribution is -2.47. The van der Waals surface area contributed by atoms with Crippen LogP contribution >= 0.6 is 23.2 Å². The van der Waals surface area contributed by atoms with Crippen LogP contribution in [0.4, 0.5) is 18.9 Å². The van der Waals surface area contributed by atoms with Crippen molar-refractivity contribution in [3.63, 3.8) is 0 Å². The van der Waals surface area contributed by atoms with Crippen LogP contribution in [0.2, 0.25) is 10.0 Å². The lowest BCUT2D eigenvalue weighted by Gasteiger charge is -2.34. The molecule has 1 aliphatic rings. The first-order chi connectivity index (χ1) is 18.8. The molecular weight excluding hydrogens is 570 g/mol. The fraction of sp³-hybridized carbons (Fsp3) is 0.500. The molecule has 2 aromatic rings. The van der Waals surface area contributed by atoms with Crippen LogP contribution in [0.3, 0.4) is 0 Å². The van der Waals surface area contributed by atoms with Crippen molar-refractivity contribution in [2.75, 3.05) is 32.1 Å². The van der Waals surface area contributed by atoms with E-state index in [2.05, 4.69) is 10.2 Å². The molecule has 0 unspecified atom stereocenters. The molecule has 0 saturated heterocycles. The number of nitrogens with one attached hydrogen (secondary N) is 1. The third-order valence-electron chi connectivity index (χ3n) is 6.76. The minimum atomic E-state index is -4.44. The number of carbonyl (C=O) groups is 2. The molecule has 1 aliphatic heterocycles. The largest absolute Gasteiger partial charge is 0.488 e. The molecular formula is C28H34Cl2F3N3O4. The summed E-state index contributed by atoms with van der Waals surface area (Å²) in [4.78, 5) is 29.1. The third-order valence-corrected chi connectivity index (χ3v) is 7.50. The highest BCUT2D eigenvalue weighted by Crippen LogP contribution is 2.30. The maximum atomic E-state index is 13.3. The first-order valence-electron chi connectivity index (χ1n) is 12.9. The Hall–Kier alpha value is -2.53. The van der Waals surface area contributed by atoms with E-state index in [1.54, 1.807) is 42.2 Å². The lowest BCUT2D eigenvalue weighted by molar-refractivity contribution is -0.142. The molecule has 0 spiro atoms. The second kappa shape index (κ2) is 13.9. The molecule has 0 aromatic heterocycles. The molecule has 1 heterocycles. The molecule has 12 heteroatoms. The third kappa shape index (κ3) is 9.26. The van der Waals surface area contributed by atoms with Crippen molar-refractivity contribution in [2.24, 2.45) is 5.92 Å². The Balaban J connectivity index is 1.85. The number of alkyl halides is 3. The number of amides is 2. The van der Waals surface area contributed by atoms with E-state index in [4.69, 9.17) is 27.9 Å². The molecule has 40 heavy (non-hydrogen) atoms. The number of nitrogens with zero attached hydrogens (tertiary/aromatic N) is 2. The van der Waals surface area contributed by atoms with Gasteiger partial charge in [0.15, 0.2) is 0 Å². The summed E-state index contributed by atoms with van der Waals surface area (Å²) in [6.07, 6.45) is -6.80. The molecule has 7 nitrogen and oxygen atoms in total. The second-order valence-electron chi connectivity index (χ2n) is 10.3. The van der Waals surface area contributed by atoms with Crippen LogP contribution in [0.1, 0.15) is 37.8 Å². The number of fused-ring (bicyclic) bond motifs is 1. The molecule has 2 aromatic carbocycles. The van der Waals surface area contributed by atoms with Crippen molar-refractivity contribution in [1.82, 2.24) is 9.80 Å². The van der Waals surface area contributed by atoms with Crippen LogP contribution in [0.25, 0.3) is 0 Å². The van der Waals surface area contributed by atoms with Gasteiger partial charge in [-0.05, 0) is 49.9 Å². The van der Waals surface area contributed by atoms with Crippen LogP contribution in [0.15, 0.2) is 36.4 Å². The van der Waals surface area contributed by atoms with Gasteiger partial charge in [-0.2, -0.15) is 13.2 Å². The van der Waals surface area contributed by atoms with Crippen molar-refractivity contribution in [1.29, 1.82) is 0 Å². The van der Waals surface area contributed by atoms with Gasteiger partial charge in [0.25, 0.3) is 0 Å². The average Bonchev–Trinajstić information content (AvgIpc) is 2.92. The molecule has 220 valence electrons. The van der Waals surface area contributed by atoms with Crippen molar-refractivity contribution < 1.29 is 32.6 Å². The normalized spacial score (nSPS) is 18.9. The maximum absolute atomic E-state index is 13.3. The summed E-state index contributed by atoms with van der Waals surface area (Å²) in [5.74, 6) is -0.691. The van der Waals surface area contributed by atoms with Crippen LogP contribution in [-0.4, -0.2) is 71.8 Å². The van der Waals surface area contributed by atoms with Crippen LogP contribution in [-0.2, 0) is 22.6 Å². The molecule has 0 fully saturated rings. The van der Waals surface area contributed by atoms with Crippen LogP contribution < -0.4 is 10.1 Å². The van der Waals surface area contributed by atoms with E-state index in [-0.39, 0.29) is 36.6 Å². The smallest absolute Gasteiger partial charge is 0.389 e. The van der Waals surface area contributed by atoms with E-state index in [1.165, 1.54) is 0 Å². The summed E-state index contributed by atoms with van der Waals surface area (Å²) < 4.78 is 44.0. The minimum Gasteiger partial charge on any atom is -0.488 e. The Morgan fingerprint density at radius 3 is 2.60 bits per heavy atom. The number of rotatable bonds is 9. The van der Waals surface area contributed by atoms with Gasteiger partial charge in [-0.15, -0.1) is 0 Å². The Labute approximate surface area is 242 Å². The molecule has 2 amide bonds. The summed E-state index contributed by atoms with van der Waals surface area (Å²) in [6.45, 7) is 4.92. The molecule has 0 saturated carbocycles. The summed E-state index contributed by atoms with van der Waals surface area (Å²) in [7, 11) is 1.94. The Bertz CT molecular complexity index is 1200. The predicted octanol–water partition coefficient (Wildman–Crippen LogP) is 5.56. The number of halogens is 5. The van der Waals surface area contributed by atoms with Crippen molar-refractivity contribution in [2.45, 2.75) is 58.0 Å². The standard InChI is InChI=1S/C28H34Cl2F3N3O4/c1-17-13-36(18(2)16-37)27(39)12-20-11-21(34-26(38)8-9-28(31,32)33)5-7-24(20)40-25(17)15-35(3)14-19-4-6-22(29)23(30)10-19/h4-7,10-11,17-18,25,37H,8-9,12-16H2,1-3H3,(H,34,38)/t17-,18-,25+/m1/s1. The van der Waals surface area contributed by atoms with Gasteiger partial charge in [0, 0.05) is 43.2 Å². The van der Waals surface area contributed by atoms with E-state index in [9.17, 15) is 27.9 Å². The van der Waals surface area contributed by atoms with Crippen molar-refractivity contribution in [3.8, 4) is 5.75 Å². The van der Waals surface area contributed by atoms with E-state index >= 15 is 0 Å². The van der Waals surface area contributed by atoms with Crippen LogP contribution in [0.5, 0.6) is 5.75 Å². The monoisotopic (exact) mass is 603 g/mol. The Morgan fingerprint density at radius 1 is 1.23 bits per heavy atom. The van der Waals surface area contributed by atoms with Crippen molar-refractivity contribution in [3.05, 3.63) is 57.6 Å². The zero-order valence-corrected chi connectivity index (χ0v) is 24.1. The summed E-state index contributed by atoms with van der Waals surface area (Å²) in [6, 6.07) is 9.71. The zero-order chi connectivity index (χ0) is 29.6. The summed E-state index contributed by atoms with van der Waals surface area (Å²) in [5, 5.41) is 13.2. The highest BCUT2D eigenvalue weighted by molar-refractivity contribution is 6.42. The molecule has 3 rings (SSSR count). The van der Waals surface area contributed by atoms with Gasteiger partial charge >= 0.3 is 6.18 Å². The summed E-state index contributed by atoms with van der Waals surface area (Å²) in [5.41, 5.74) is 1.72. The van der Waals surface area contributed by atoms with Gasteiger partial charge in [0.1, 0.15) is 11.9 Å². The quantitative estimate of drug-likeness (QED) is 0.392. The number of aliphatic hydroxyl groups is 1. The van der Waals surface area contributed by atoms with Crippen molar-refractivity contribution >= 4 is 40.7 Å².